The number of ketones is 1. The van der Waals surface area contributed by atoms with Crippen LogP contribution >= 0.6 is 23.2 Å². The first-order chi connectivity index (χ1) is 8.97. The molecule has 4 heteroatoms. The first kappa shape index (κ1) is 13.9. The number of hydrogen-bond donors (Lipinski definition) is 1. The maximum absolute atomic E-state index is 12.2. The molecule has 0 aliphatic heterocycles. The Balaban J connectivity index is 2.25. The highest BCUT2D eigenvalue weighted by molar-refractivity contribution is 6.42. The first-order valence-electron chi connectivity index (χ1n) is 5.80. The van der Waals surface area contributed by atoms with Crippen molar-refractivity contribution in [2.24, 2.45) is 0 Å². The fourth-order valence-corrected chi connectivity index (χ4v) is 2.16. The fraction of sp³-hybridized carbons (Fsp3) is 0.133. The Labute approximate surface area is 122 Å². The maximum atomic E-state index is 12.2. The van der Waals surface area contributed by atoms with Gasteiger partial charge in [0.25, 0.3) is 0 Å². The number of nitrogens with two attached hydrogens (primary N) is 1. The number of Topliss-reactive ketones (excluding diaryl/α,β-unsaturated/α-hetero) is 1. The summed E-state index contributed by atoms with van der Waals surface area (Å²) in [5.74, 6) is -0.0282. The van der Waals surface area contributed by atoms with Crippen molar-refractivity contribution >= 4 is 34.7 Å². The van der Waals surface area contributed by atoms with Gasteiger partial charge in [-0.2, -0.15) is 0 Å². The molecule has 2 aromatic rings. The molecule has 0 fully saturated rings. The highest BCUT2D eigenvalue weighted by Crippen LogP contribution is 2.24. The molecule has 0 aromatic heterocycles. The van der Waals surface area contributed by atoms with E-state index in [1.165, 1.54) is 0 Å². The van der Waals surface area contributed by atoms with E-state index in [9.17, 15) is 4.79 Å². The third-order valence-electron chi connectivity index (χ3n) is 2.86. The molecule has 0 aliphatic carbocycles. The molecule has 0 saturated heterocycles. The van der Waals surface area contributed by atoms with E-state index in [0.717, 1.165) is 11.1 Å². The van der Waals surface area contributed by atoms with Gasteiger partial charge in [-0.3, -0.25) is 4.79 Å². The van der Waals surface area contributed by atoms with Crippen molar-refractivity contribution in [1.29, 1.82) is 0 Å². The van der Waals surface area contributed by atoms with Crippen LogP contribution < -0.4 is 5.73 Å². The Hall–Kier alpha value is -1.51. The number of nitrogen functional groups attached to an aromatic ring is 1. The molecule has 0 amide bonds. The number of carbonyl (C=O) groups is 1. The second kappa shape index (κ2) is 5.64. The van der Waals surface area contributed by atoms with Gasteiger partial charge < -0.3 is 5.73 Å². The molecule has 0 aliphatic rings. The Morgan fingerprint density at radius 1 is 1.11 bits per heavy atom. The number of benzene rings is 2. The van der Waals surface area contributed by atoms with Crippen molar-refractivity contribution in [2.75, 3.05) is 5.73 Å². The number of carbonyl (C=O) groups excluding carboxylic acids is 1. The van der Waals surface area contributed by atoms with Crippen LogP contribution in [0.4, 0.5) is 5.69 Å². The Kier molecular flexibility index (Phi) is 4.13. The highest BCUT2D eigenvalue weighted by atomic mass is 35.5. The average Bonchev–Trinajstić information content (AvgIpc) is 2.36. The van der Waals surface area contributed by atoms with Gasteiger partial charge in [0.15, 0.2) is 5.78 Å². The van der Waals surface area contributed by atoms with E-state index in [2.05, 4.69) is 0 Å². The van der Waals surface area contributed by atoms with Crippen molar-refractivity contribution in [3.8, 4) is 0 Å². The van der Waals surface area contributed by atoms with Gasteiger partial charge in [0, 0.05) is 17.7 Å². The van der Waals surface area contributed by atoms with Crippen LogP contribution in [-0.4, -0.2) is 5.78 Å². The smallest absolute Gasteiger partial charge is 0.169 e. The van der Waals surface area contributed by atoms with E-state index in [0.29, 0.717) is 21.3 Å². The van der Waals surface area contributed by atoms with Crippen LogP contribution in [0, 0.1) is 6.92 Å². The molecular weight excluding hydrogens is 281 g/mol. The molecule has 0 radical (unpaired) electrons. The summed E-state index contributed by atoms with van der Waals surface area (Å²) in [7, 11) is 0. The van der Waals surface area contributed by atoms with Crippen LogP contribution in [0.15, 0.2) is 36.4 Å². The van der Waals surface area contributed by atoms with Crippen molar-refractivity contribution in [3.05, 3.63) is 63.1 Å². The second-order valence-electron chi connectivity index (χ2n) is 4.44. The van der Waals surface area contributed by atoms with E-state index >= 15 is 0 Å². The summed E-state index contributed by atoms with van der Waals surface area (Å²) < 4.78 is 0. The van der Waals surface area contributed by atoms with Crippen LogP contribution in [0.5, 0.6) is 0 Å². The molecule has 0 spiro atoms. The number of hydrogen-bond acceptors (Lipinski definition) is 2. The van der Waals surface area contributed by atoms with E-state index in [1.54, 1.807) is 30.3 Å². The predicted molar refractivity (Wildman–Crippen MR) is 80.1 cm³/mol. The molecule has 0 bridgehead atoms. The van der Waals surface area contributed by atoms with Gasteiger partial charge in [0.2, 0.25) is 0 Å². The number of rotatable bonds is 3. The molecule has 0 atom stereocenters. The minimum Gasteiger partial charge on any atom is -0.398 e. The topological polar surface area (TPSA) is 43.1 Å². The zero-order valence-electron chi connectivity index (χ0n) is 10.4. The lowest BCUT2D eigenvalue weighted by Crippen LogP contribution is -2.07. The van der Waals surface area contributed by atoms with E-state index in [4.69, 9.17) is 28.9 Å². The summed E-state index contributed by atoms with van der Waals surface area (Å²) in [6, 6.07) is 10.6. The van der Waals surface area contributed by atoms with Gasteiger partial charge in [0.05, 0.1) is 10.0 Å². The Morgan fingerprint density at radius 2 is 1.84 bits per heavy atom. The van der Waals surface area contributed by atoms with Gasteiger partial charge in [0.1, 0.15) is 0 Å². The summed E-state index contributed by atoms with van der Waals surface area (Å²) >= 11 is 11.8. The summed E-state index contributed by atoms with van der Waals surface area (Å²) in [5.41, 5.74) is 8.70. The van der Waals surface area contributed by atoms with E-state index in [1.807, 2.05) is 13.0 Å². The molecular formula is C15H13Cl2NO. The second-order valence-corrected chi connectivity index (χ2v) is 5.25. The number of halogens is 2. The molecule has 2 nitrogen and oxygen atoms in total. The molecule has 0 saturated carbocycles. The third kappa shape index (κ3) is 3.28. The molecule has 98 valence electrons. The van der Waals surface area contributed by atoms with Crippen LogP contribution in [0.25, 0.3) is 0 Å². The standard InChI is InChI=1S/C15H13Cl2NO/c1-9-2-5-14(18)11(6-9)15(19)8-10-3-4-12(16)13(17)7-10/h2-7H,8,18H2,1H3. The predicted octanol–water partition coefficient (Wildman–Crippen LogP) is 4.31. The van der Waals surface area contributed by atoms with Crippen molar-refractivity contribution in [1.82, 2.24) is 0 Å². The summed E-state index contributed by atoms with van der Waals surface area (Å²) in [6.07, 6.45) is 0.255. The van der Waals surface area contributed by atoms with Crippen LogP contribution in [0.3, 0.4) is 0 Å². The minimum atomic E-state index is -0.0282. The summed E-state index contributed by atoms with van der Waals surface area (Å²) in [4.78, 5) is 12.2. The highest BCUT2D eigenvalue weighted by Gasteiger charge is 2.11. The van der Waals surface area contributed by atoms with E-state index < -0.39 is 0 Å². The lowest BCUT2D eigenvalue weighted by Gasteiger charge is -2.07. The van der Waals surface area contributed by atoms with Crippen LogP contribution in [0.1, 0.15) is 21.5 Å². The van der Waals surface area contributed by atoms with Gasteiger partial charge >= 0.3 is 0 Å². The normalized spacial score (nSPS) is 10.5. The quantitative estimate of drug-likeness (QED) is 0.677. The summed E-state index contributed by atoms with van der Waals surface area (Å²) in [6.45, 7) is 1.93. The van der Waals surface area contributed by atoms with Crippen LogP contribution in [-0.2, 0) is 6.42 Å². The number of anilines is 1. The lowest BCUT2D eigenvalue weighted by atomic mass is 10.00. The molecule has 0 unspecified atom stereocenters. The van der Waals surface area contributed by atoms with Gasteiger partial charge in [-0.25, -0.2) is 0 Å². The SMILES string of the molecule is Cc1ccc(N)c(C(=O)Cc2ccc(Cl)c(Cl)c2)c1. The van der Waals surface area contributed by atoms with Crippen molar-refractivity contribution < 1.29 is 4.79 Å². The maximum Gasteiger partial charge on any atom is 0.169 e. The first-order valence-corrected chi connectivity index (χ1v) is 6.56. The zero-order valence-corrected chi connectivity index (χ0v) is 11.9. The molecule has 19 heavy (non-hydrogen) atoms. The van der Waals surface area contributed by atoms with Gasteiger partial charge in [-0.1, -0.05) is 40.9 Å². The van der Waals surface area contributed by atoms with Crippen molar-refractivity contribution in [2.45, 2.75) is 13.3 Å². The summed E-state index contributed by atoms with van der Waals surface area (Å²) in [5, 5.41) is 0.928. The minimum absolute atomic E-state index is 0.0282. The van der Waals surface area contributed by atoms with Crippen LogP contribution in [0.2, 0.25) is 10.0 Å². The fourth-order valence-electron chi connectivity index (χ4n) is 1.84. The number of aryl methyl sites for hydroxylation is 1. The molecule has 0 heterocycles. The molecule has 2 aromatic carbocycles. The molecule has 2 N–H and O–H groups in total. The van der Waals surface area contributed by atoms with E-state index in [-0.39, 0.29) is 12.2 Å². The van der Waals surface area contributed by atoms with Gasteiger partial charge in [-0.05, 0) is 36.8 Å². The zero-order chi connectivity index (χ0) is 14.0. The largest absolute Gasteiger partial charge is 0.398 e. The van der Waals surface area contributed by atoms with Gasteiger partial charge in [-0.15, -0.1) is 0 Å². The third-order valence-corrected chi connectivity index (χ3v) is 3.60. The Bertz CT molecular complexity index is 638. The Morgan fingerprint density at radius 3 is 2.53 bits per heavy atom. The average molecular weight is 294 g/mol. The monoisotopic (exact) mass is 293 g/mol. The molecule has 2 rings (SSSR count). The van der Waals surface area contributed by atoms with Crippen molar-refractivity contribution in [3.63, 3.8) is 0 Å². The lowest BCUT2D eigenvalue weighted by molar-refractivity contribution is 0.0994.